The summed E-state index contributed by atoms with van der Waals surface area (Å²) >= 11 is 7.18. The van der Waals surface area contributed by atoms with Crippen LogP contribution in [0.15, 0.2) is 41.8 Å². The van der Waals surface area contributed by atoms with E-state index in [2.05, 4.69) is 10.9 Å². The van der Waals surface area contributed by atoms with Crippen LogP contribution in [-0.4, -0.2) is 11.8 Å². The number of carbonyl (C=O) groups is 2. The molecule has 0 atom stereocenters. The van der Waals surface area contributed by atoms with Crippen LogP contribution in [0.5, 0.6) is 0 Å². The van der Waals surface area contributed by atoms with Crippen molar-refractivity contribution in [3.8, 4) is 0 Å². The van der Waals surface area contributed by atoms with Crippen molar-refractivity contribution in [1.82, 2.24) is 10.9 Å². The van der Waals surface area contributed by atoms with Gasteiger partial charge in [0.25, 0.3) is 5.91 Å². The molecule has 0 aliphatic carbocycles. The molecule has 104 valence electrons. The van der Waals surface area contributed by atoms with Crippen LogP contribution >= 0.6 is 22.9 Å². The van der Waals surface area contributed by atoms with Crippen molar-refractivity contribution in [3.05, 3.63) is 57.2 Å². The van der Waals surface area contributed by atoms with E-state index in [1.165, 1.54) is 11.3 Å². The average molecular weight is 309 g/mol. The van der Waals surface area contributed by atoms with E-state index in [9.17, 15) is 9.59 Å². The normalized spacial score (nSPS) is 10.1. The van der Waals surface area contributed by atoms with Gasteiger partial charge in [-0.1, -0.05) is 29.8 Å². The van der Waals surface area contributed by atoms with Crippen molar-refractivity contribution in [1.29, 1.82) is 0 Å². The molecule has 6 heteroatoms. The second kappa shape index (κ2) is 7.07. The highest BCUT2D eigenvalue weighted by Gasteiger charge is 2.08. The van der Waals surface area contributed by atoms with E-state index in [-0.39, 0.29) is 18.2 Å². The number of halogens is 1. The fourth-order valence-corrected chi connectivity index (χ4v) is 2.44. The zero-order chi connectivity index (χ0) is 14.4. The molecule has 0 saturated heterocycles. The molecule has 0 bridgehead atoms. The van der Waals surface area contributed by atoms with E-state index in [4.69, 9.17) is 11.6 Å². The van der Waals surface area contributed by atoms with E-state index in [0.717, 1.165) is 5.56 Å². The molecule has 1 heterocycles. The molecule has 1 aromatic heterocycles. The maximum atomic E-state index is 11.6. The Bertz CT molecular complexity index is 599. The van der Waals surface area contributed by atoms with Gasteiger partial charge in [0.05, 0.1) is 4.88 Å². The summed E-state index contributed by atoms with van der Waals surface area (Å²) in [7, 11) is 0. The summed E-state index contributed by atoms with van der Waals surface area (Å²) in [5.41, 5.74) is 5.75. The highest BCUT2D eigenvalue weighted by Crippen LogP contribution is 2.12. The van der Waals surface area contributed by atoms with Gasteiger partial charge in [-0.2, -0.15) is 0 Å². The Morgan fingerprint density at radius 3 is 2.70 bits per heavy atom. The first-order valence-electron chi connectivity index (χ1n) is 6.02. The molecule has 1 aromatic carbocycles. The Balaban J connectivity index is 1.74. The van der Waals surface area contributed by atoms with Gasteiger partial charge in [0.2, 0.25) is 5.91 Å². The molecule has 0 aliphatic heterocycles. The van der Waals surface area contributed by atoms with Crippen molar-refractivity contribution in [2.24, 2.45) is 0 Å². The Labute approximate surface area is 125 Å². The number of thiophene rings is 1. The monoisotopic (exact) mass is 308 g/mol. The fraction of sp³-hybridized carbons (Fsp3) is 0.143. The van der Waals surface area contributed by atoms with Crippen LogP contribution < -0.4 is 10.9 Å². The first-order valence-corrected chi connectivity index (χ1v) is 7.28. The lowest BCUT2D eigenvalue weighted by atomic mass is 10.1. The van der Waals surface area contributed by atoms with Crippen LogP contribution in [0.1, 0.15) is 21.7 Å². The Morgan fingerprint density at radius 1 is 1.15 bits per heavy atom. The lowest BCUT2D eigenvalue weighted by molar-refractivity contribution is -0.121. The third kappa shape index (κ3) is 4.36. The molecule has 0 saturated carbocycles. The van der Waals surface area contributed by atoms with Gasteiger partial charge in [0, 0.05) is 11.4 Å². The number of aryl methyl sites for hydroxylation is 1. The molecular formula is C14H13ClN2O2S. The minimum absolute atomic E-state index is 0.241. The van der Waals surface area contributed by atoms with Gasteiger partial charge in [-0.05, 0) is 35.6 Å². The number of carbonyl (C=O) groups excluding carboxylic acids is 2. The van der Waals surface area contributed by atoms with Gasteiger partial charge in [0.1, 0.15) is 0 Å². The maximum absolute atomic E-state index is 11.6. The van der Waals surface area contributed by atoms with E-state index in [0.29, 0.717) is 16.3 Å². The summed E-state index contributed by atoms with van der Waals surface area (Å²) in [6.45, 7) is 0. The van der Waals surface area contributed by atoms with E-state index in [1.54, 1.807) is 23.6 Å². The number of rotatable bonds is 4. The summed E-state index contributed by atoms with van der Waals surface area (Å²) in [6.07, 6.45) is 0.854. The number of hydrogen-bond donors (Lipinski definition) is 2. The van der Waals surface area contributed by atoms with Crippen LogP contribution in [0.4, 0.5) is 0 Å². The Morgan fingerprint density at radius 2 is 2.00 bits per heavy atom. The summed E-state index contributed by atoms with van der Waals surface area (Å²) < 4.78 is 0. The van der Waals surface area contributed by atoms with Crippen molar-refractivity contribution >= 4 is 34.8 Å². The standard InChI is InChI=1S/C14H13ClN2O2S/c15-11-4-1-3-10(9-11)6-7-13(18)16-17-14(19)12-5-2-8-20-12/h1-5,8-9H,6-7H2,(H,16,18)(H,17,19). The smallest absolute Gasteiger partial charge is 0.273 e. The molecule has 2 N–H and O–H groups in total. The first kappa shape index (κ1) is 14.6. The zero-order valence-corrected chi connectivity index (χ0v) is 12.1. The fourth-order valence-electron chi connectivity index (χ4n) is 1.61. The molecule has 0 aliphatic rings. The number of benzene rings is 1. The van der Waals surface area contributed by atoms with Gasteiger partial charge >= 0.3 is 0 Å². The average Bonchev–Trinajstić information content (AvgIpc) is 2.97. The molecule has 2 amide bonds. The first-order chi connectivity index (χ1) is 9.65. The topological polar surface area (TPSA) is 58.2 Å². The Hall–Kier alpha value is -1.85. The molecule has 0 fully saturated rings. The SMILES string of the molecule is O=C(CCc1cccc(Cl)c1)NNC(=O)c1cccs1. The van der Waals surface area contributed by atoms with Gasteiger partial charge in [0.15, 0.2) is 0 Å². The van der Waals surface area contributed by atoms with Gasteiger partial charge in [-0.3, -0.25) is 20.4 Å². The molecule has 2 rings (SSSR count). The van der Waals surface area contributed by atoms with E-state index < -0.39 is 0 Å². The van der Waals surface area contributed by atoms with Crippen molar-refractivity contribution in [2.75, 3.05) is 0 Å². The van der Waals surface area contributed by atoms with Gasteiger partial charge in [-0.15, -0.1) is 11.3 Å². The zero-order valence-electron chi connectivity index (χ0n) is 10.6. The lowest BCUT2D eigenvalue weighted by Crippen LogP contribution is -2.41. The van der Waals surface area contributed by atoms with Crippen molar-refractivity contribution < 1.29 is 9.59 Å². The van der Waals surface area contributed by atoms with Crippen LogP contribution in [0.3, 0.4) is 0 Å². The lowest BCUT2D eigenvalue weighted by Gasteiger charge is -2.06. The van der Waals surface area contributed by atoms with Gasteiger partial charge < -0.3 is 0 Å². The number of hydrazine groups is 1. The van der Waals surface area contributed by atoms with Crippen LogP contribution in [-0.2, 0) is 11.2 Å². The van der Waals surface area contributed by atoms with Gasteiger partial charge in [-0.25, -0.2) is 0 Å². The third-order valence-electron chi connectivity index (χ3n) is 2.59. The number of amides is 2. The van der Waals surface area contributed by atoms with E-state index in [1.807, 2.05) is 18.2 Å². The minimum atomic E-state index is -0.309. The predicted octanol–water partition coefficient (Wildman–Crippen LogP) is 2.80. The molecular weight excluding hydrogens is 296 g/mol. The van der Waals surface area contributed by atoms with Crippen molar-refractivity contribution in [2.45, 2.75) is 12.8 Å². The van der Waals surface area contributed by atoms with Crippen LogP contribution in [0, 0.1) is 0 Å². The molecule has 0 spiro atoms. The third-order valence-corrected chi connectivity index (χ3v) is 3.69. The van der Waals surface area contributed by atoms with Crippen LogP contribution in [0.2, 0.25) is 5.02 Å². The second-order valence-corrected chi connectivity index (χ2v) is 5.49. The number of nitrogens with one attached hydrogen (secondary N) is 2. The summed E-state index contributed by atoms with van der Waals surface area (Å²) in [5.74, 6) is -0.550. The highest BCUT2D eigenvalue weighted by molar-refractivity contribution is 7.12. The summed E-state index contributed by atoms with van der Waals surface area (Å²) in [5, 5.41) is 2.45. The molecule has 20 heavy (non-hydrogen) atoms. The summed E-state index contributed by atoms with van der Waals surface area (Å²) in [6, 6.07) is 10.8. The summed E-state index contributed by atoms with van der Waals surface area (Å²) in [4.78, 5) is 23.8. The van der Waals surface area contributed by atoms with Crippen molar-refractivity contribution in [3.63, 3.8) is 0 Å². The second-order valence-electron chi connectivity index (χ2n) is 4.11. The largest absolute Gasteiger partial charge is 0.279 e. The van der Waals surface area contributed by atoms with Crippen LogP contribution in [0.25, 0.3) is 0 Å². The Kier molecular flexibility index (Phi) is 5.15. The molecule has 4 nitrogen and oxygen atoms in total. The molecule has 0 radical (unpaired) electrons. The van der Waals surface area contributed by atoms with E-state index >= 15 is 0 Å². The quantitative estimate of drug-likeness (QED) is 0.853. The predicted molar refractivity (Wildman–Crippen MR) is 79.7 cm³/mol. The molecule has 0 unspecified atom stereocenters. The minimum Gasteiger partial charge on any atom is -0.273 e. The number of hydrogen-bond acceptors (Lipinski definition) is 3. The maximum Gasteiger partial charge on any atom is 0.279 e. The molecule has 2 aromatic rings. The highest BCUT2D eigenvalue weighted by atomic mass is 35.5.